The average molecular weight is 405 g/mol. The van der Waals surface area contributed by atoms with E-state index in [1.807, 2.05) is 0 Å². The number of hydrogen-bond donors (Lipinski definition) is 1. The van der Waals surface area contributed by atoms with E-state index in [-0.39, 0.29) is 36.3 Å². The Morgan fingerprint density at radius 2 is 1.97 bits per heavy atom. The number of anilines is 1. The van der Waals surface area contributed by atoms with Gasteiger partial charge in [-0.05, 0) is 35.7 Å². The van der Waals surface area contributed by atoms with Gasteiger partial charge in [-0.1, -0.05) is 24.3 Å². The number of piperazine rings is 1. The third-order valence-electron chi connectivity index (χ3n) is 5.16. The van der Waals surface area contributed by atoms with Gasteiger partial charge in [0.15, 0.2) is 0 Å². The Balaban J connectivity index is 1.55. The van der Waals surface area contributed by atoms with Crippen molar-refractivity contribution in [1.82, 2.24) is 9.80 Å². The summed E-state index contributed by atoms with van der Waals surface area (Å²) in [5, 5.41) is 2.52. The normalized spacial score (nSPS) is 18.3. The number of halogens is 3. The third kappa shape index (κ3) is 3.72. The molecule has 1 fully saturated rings. The molecule has 1 saturated heterocycles. The third-order valence-corrected chi connectivity index (χ3v) is 5.16. The van der Waals surface area contributed by atoms with Gasteiger partial charge in [-0.3, -0.25) is 4.79 Å². The number of fused-ring (bicyclic) bond motifs is 3. The minimum Gasteiger partial charge on any atom is -0.433 e. The first-order valence-corrected chi connectivity index (χ1v) is 9.10. The minimum atomic E-state index is -3.04. The van der Waals surface area contributed by atoms with Gasteiger partial charge >= 0.3 is 12.6 Å². The summed E-state index contributed by atoms with van der Waals surface area (Å²) >= 11 is 0. The Morgan fingerprint density at radius 1 is 1.17 bits per heavy atom. The van der Waals surface area contributed by atoms with Gasteiger partial charge in [-0.15, -0.1) is 0 Å². The largest absolute Gasteiger partial charge is 0.433 e. The number of carbonyl (C=O) groups excluding carboxylic acids is 2. The fourth-order valence-corrected chi connectivity index (χ4v) is 3.85. The molecule has 0 spiro atoms. The molecule has 9 heteroatoms. The zero-order valence-corrected chi connectivity index (χ0v) is 15.3. The summed E-state index contributed by atoms with van der Waals surface area (Å²) in [6, 6.07) is 9.46. The van der Waals surface area contributed by atoms with Gasteiger partial charge in [0.25, 0.3) is 0 Å². The molecule has 2 heterocycles. The summed E-state index contributed by atoms with van der Waals surface area (Å²) in [6.45, 7) is -2.62. The molecule has 0 aliphatic carbocycles. The molecule has 2 aliphatic heterocycles. The van der Waals surface area contributed by atoms with Crippen molar-refractivity contribution >= 4 is 17.6 Å². The van der Waals surface area contributed by atoms with Crippen LogP contribution >= 0.6 is 0 Å². The maximum Gasteiger partial charge on any atom is 0.387 e. The first-order valence-electron chi connectivity index (χ1n) is 9.10. The molecule has 152 valence electrons. The second-order valence-corrected chi connectivity index (χ2v) is 6.85. The summed E-state index contributed by atoms with van der Waals surface area (Å²) in [5.41, 5.74) is 1.31. The Hall–Kier alpha value is -3.23. The highest BCUT2D eigenvalue weighted by molar-refractivity contribution is 5.94. The van der Waals surface area contributed by atoms with Gasteiger partial charge in [0, 0.05) is 13.1 Å². The summed E-state index contributed by atoms with van der Waals surface area (Å²) in [6.07, 6.45) is 0.425. The first kappa shape index (κ1) is 19.1. The fraction of sp³-hybridized carbons (Fsp3) is 0.300. The van der Waals surface area contributed by atoms with Crippen molar-refractivity contribution in [1.29, 1.82) is 0 Å². The van der Waals surface area contributed by atoms with E-state index in [9.17, 15) is 22.8 Å². The van der Waals surface area contributed by atoms with Crippen LogP contribution < -0.4 is 10.1 Å². The predicted octanol–water partition coefficient (Wildman–Crippen LogP) is 3.40. The van der Waals surface area contributed by atoms with Crippen LogP contribution in [0.25, 0.3) is 0 Å². The zero-order valence-electron chi connectivity index (χ0n) is 15.3. The van der Waals surface area contributed by atoms with Crippen molar-refractivity contribution in [2.75, 3.05) is 25.0 Å². The van der Waals surface area contributed by atoms with Crippen LogP contribution in [-0.2, 0) is 11.2 Å². The van der Waals surface area contributed by atoms with Gasteiger partial charge in [-0.25, -0.2) is 9.18 Å². The number of benzene rings is 2. The SMILES string of the molecule is O=C(Nc1ccccc1OC(F)F)N1CC(=O)N2CCc3c(F)cccc3C2C1. The van der Waals surface area contributed by atoms with Crippen LogP contribution in [0.1, 0.15) is 17.2 Å². The monoisotopic (exact) mass is 405 g/mol. The molecule has 2 aromatic carbocycles. The maximum absolute atomic E-state index is 14.1. The van der Waals surface area contributed by atoms with E-state index in [4.69, 9.17) is 0 Å². The van der Waals surface area contributed by atoms with Crippen LogP contribution in [0.15, 0.2) is 42.5 Å². The second-order valence-electron chi connectivity index (χ2n) is 6.85. The van der Waals surface area contributed by atoms with E-state index in [1.54, 1.807) is 23.1 Å². The molecule has 2 aromatic rings. The summed E-state index contributed by atoms with van der Waals surface area (Å²) in [7, 11) is 0. The summed E-state index contributed by atoms with van der Waals surface area (Å²) in [4.78, 5) is 28.3. The highest BCUT2D eigenvalue weighted by atomic mass is 19.3. The summed E-state index contributed by atoms with van der Waals surface area (Å²) < 4.78 is 43.7. The van der Waals surface area contributed by atoms with Crippen molar-refractivity contribution in [3.63, 3.8) is 0 Å². The molecule has 0 radical (unpaired) electrons. The fourth-order valence-electron chi connectivity index (χ4n) is 3.85. The lowest BCUT2D eigenvalue weighted by Gasteiger charge is -2.44. The molecular formula is C20H18F3N3O3. The molecule has 1 unspecified atom stereocenters. The van der Waals surface area contributed by atoms with E-state index in [1.165, 1.54) is 29.2 Å². The number of alkyl halides is 2. The molecule has 4 rings (SSSR count). The number of urea groups is 1. The van der Waals surface area contributed by atoms with Crippen molar-refractivity contribution < 1.29 is 27.5 Å². The summed E-state index contributed by atoms with van der Waals surface area (Å²) in [5.74, 6) is -0.747. The Morgan fingerprint density at radius 3 is 2.76 bits per heavy atom. The van der Waals surface area contributed by atoms with Gasteiger partial charge in [-0.2, -0.15) is 8.78 Å². The number of para-hydroxylation sites is 2. The quantitative estimate of drug-likeness (QED) is 0.852. The Bertz CT molecular complexity index is 954. The van der Waals surface area contributed by atoms with Crippen LogP contribution in [0.4, 0.5) is 23.7 Å². The maximum atomic E-state index is 14.1. The molecule has 0 saturated carbocycles. The topological polar surface area (TPSA) is 61.9 Å². The van der Waals surface area contributed by atoms with Gasteiger partial charge < -0.3 is 19.9 Å². The lowest BCUT2D eigenvalue weighted by molar-refractivity contribution is -0.139. The number of hydrogen-bond acceptors (Lipinski definition) is 3. The molecule has 3 amide bonds. The number of amides is 3. The molecule has 1 atom stereocenters. The van der Waals surface area contributed by atoms with Crippen molar-refractivity contribution in [2.45, 2.75) is 19.1 Å². The van der Waals surface area contributed by atoms with Gasteiger partial charge in [0.2, 0.25) is 5.91 Å². The van der Waals surface area contributed by atoms with E-state index in [0.717, 1.165) is 0 Å². The number of nitrogens with zero attached hydrogens (tertiary/aromatic N) is 2. The molecule has 0 bridgehead atoms. The lowest BCUT2D eigenvalue weighted by atomic mass is 9.90. The van der Waals surface area contributed by atoms with E-state index >= 15 is 0 Å². The van der Waals surface area contributed by atoms with Crippen LogP contribution in [0, 0.1) is 5.82 Å². The molecule has 29 heavy (non-hydrogen) atoms. The van der Waals surface area contributed by atoms with E-state index in [0.29, 0.717) is 24.1 Å². The van der Waals surface area contributed by atoms with E-state index < -0.39 is 18.7 Å². The van der Waals surface area contributed by atoms with Gasteiger partial charge in [0.1, 0.15) is 18.1 Å². The van der Waals surface area contributed by atoms with Gasteiger partial charge in [0.05, 0.1) is 11.7 Å². The number of carbonyl (C=O) groups is 2. The lowest BCUT2D eigenvalue weighted by Crippen LogP contribution is -2.56. The highest BCUT2D eigenvalue weighted by Gasteiger charge is 2.39. The standard InChI is InChI=1S/C20H18F3N3O3/c21-14-5-3-4-13-12(14)8-9-26-16(13)10-25(11-18(26)27)20(28)24-15-6-1-2-7-17(15)29-19(22)23/h1-7,16,19H,8-11H2,(H,24,28). The van der Waals surface area contributed by atoms with Crippen molar-refractivity contribution in [2.24, 2.45) is 0 Å². The average Bonchev–Trinajstić information content (AvgIpc) is 2.69. The van der Waals surface area contributed by atoms with Crippen LogP contribution in [0.2, 0.25) is 0 Å². The predicted molar refractivity (Wildman–Crippen MR) is 98.2 cm³/mol. The number of rotatable bonds is 3. The first-order chi connectivity index (χ1) is 13.9. The van der Waals surface area contributed by atoms with E-state index in [2.05, 4.69) is 10.1 Å². The molecule has 0 aromatic heterocycles. The Labute approximate surface area is 164 Å². The second kappa shape index (κ2) is 7.65. The minimum absolute atomic E-state index is 0.0720. The molecular weight excluding hydrogens is 387 g/mol. The van der Waals surface area contributed by atoms with Crippen molar-refractivity contribution in [3.05, 3.63) is 59.4 Å². The Kier molecular flexibility index (Phi) is 5.04. The van der Waals surface area contributed by atoms with Crippen molar-refractivity contribution in [3.8, 4) is 5.75 Å². The van der Waals surface area contributed by atoms with Crippen LogP contribution in [0.3, 0.4) is 0 Å². The number of nitrogens with one attached hydrogen (secondary N) is 1. The van der Waals surface area contributed by atoms with Crippen LogP contribution in [0.5, 0.6) is 5.75 Å². The highest BCUT2D eigenvalue weighted by Crippen LogP contribution is 2.34. The smallest absolute Gasteiger partial charge is 0.387 e. The molecule has 6 nitrogen and oxygen atoms in total. The zero-order chi connectivity index (χ0) is 20.5. The molecule has 2 aliphatic rings. The number of ether oxygens (including phenoxy) is 1. The van der Waals surface area contributed by atoms with Crippen LogP contribution in [-0.4, -0.2) is 48.0 Å². The molecule has 1 N–H and O–H groups in total.